The number of amides is 1. The number of allylic oxidation sites excluding steroid dienone is 1. The van der Waals surface area contributed by atoms with E-state index in [0.29, 0.717) is 16.2 Å². The Labute approximate surface area is 147 Å². The minimum absolute atomic E-state index is 0.0294. The molecule has 126 valence electrons. The molecule has 1 aromatic carbocycles. The van der Waals surface area contributed by atoms with Gasteiger partial charge in [-0.3, -0.25) is 9.69 Å². The topological polar surface area (TPSA) is 77.5 Å². The summed E-state index contributed by atoms with van der Waals surface area (Å²) < 4.78 is 18.5. The normalized spacial score (nSPS) is 25.9. The SMILES string of the molecule is N#CC1=C2SC[C@](O)(c3ccco3)N2C(=O)C[C@H]1c1ccc(F)cc1. The van der Waals surface area contributed by atoms with Crippen LogP contribution in [0.4, 0.5) is 4.39 Å². The highest BCUT2D eigenvalue weighted by Gasteiger charge is 2.53. The summed E-state index contributed by atoms with van der Waals surface area (Å²) in [7, 11) is 0. The molecule has 2 aliphatic rings. The van der Waals surface area contributed by atoms with Crippen LogP contribution in [0.2, 0.25) is 0 Å². The number of hydrogen-bond acceptors (Lipinski definition) is 5. The summed E-state index contributed by atoms with van der Waals surface area (Å²) >= 11 is 1.25. The van der Waals surface area contributed by atoms with Crippen LogP contribution in [0.5, 0.6) is 0 Å². The number of fused-ring (bicyclic) bond motifs is 1. The van der Waals surface area contributed by atoms with Crippen molar-refractivity contribution in [1.29, 1.82) is 5.26 Å². The van der Waals surface area contributed by atoms with Gasteiger partial charge in [-0.25, -0.2) is 4.39 Å². The number of rotatable bonds is 2. The minimum Gasteiger partial charge on any atom is -0.464 e. The summed E-state index contributed by atoms with van der Waals surface area (Å²) in [6, 6.07) is 11.2. The molecule has 0 saturated carbocycles. The molecule has 0 radical (unpaired) electrons. The maximum absolute atomic E-state index is 13.2. The summed E-state index contributed by atoms with van der Waals surface area (Å²) in [6.07, 6.45) is 1.46. The first-order valence-corrected chi connectivity index (χ1v) is 8.65. The predicted molar refractivity (Wildman–Crippen MR) is 88.3 cm³/mol. The Morgan fingerprint density at radius 2 is 2.12 bits per heavy atom. The number of hydrogen-bond donors (Lipinski definition) is 1. The summed E-state index contributed by atoms with van der Waals surface area (Å²) in [5.74, 6) is -0.673. The largest absolute Gasteiger partial charge is 0.464 e. The highest BCUT2D eigenvalue weighted by atomic mass is 32.2. The highest BCUT2D eigenvalue weighted by Crippen LogP contribution is 2.51. The molecule has 0 unspecified atom stereocenters. The van der Waals surface area contributed by atoms with Crippen LogP contribution in [-0.2, 0) is 10.5 Å². The van der Waals surface area contributed by atoms with Crippen LogP contribution in [0.3, 0.4) is 0 Å². The van der Waals surface area contributed by atoms with Crippen LogP contribution >= 0.6 is 11.8 Å². The first-order chi connectivity index (χ1) is 12.0. The van der Waals surface area contributed by atoms with Crippen molar-refractivity contribution < 1.29 is 18.7 Å². The minimum atomic E-state index is -1.60. The number of furan rings is 1. The molecule has 1 saturated heterocycles. The number of carbonyl (C=O) groups is 1. The Bertz CT molecular complexity index is 901. The van der Waals surface area contributed by atoms with Crippen molar-refractivity contribution in [3.63, 3.8) is 0 Å². The highest BCUT2D eigenvalue weighted by molar-refractivity contribution is 8.03. The molecule has 1 aromatic heterocycles. The maximum atomic E-state index is 13.2. The smallest absolute Gasteiger partial charge is 0.231 e. The van der Waals surface area contributed by atoms with Gasteiger partial charge in [0.15, 0.2) is 5.76 Å². The Kier molecular flexibility index (Phi) is 3.67. The number of carbonyl (C=O) groups excluding carboxylic acids is 1. The second-order valence-electron chi connectivity index (χ2n) is 5.95. The van der Waals surface area contributed by atoms with E-state index in [-0.39, 0.29) is 29.7 Å². The molecule has 1 N–H and O–H groups in total. The lowest BCUT2D eigenvalue weighted by Crippen LogP contribution is -2.48. The van der Waals surface area contributed by atoms with Crippen molar-refractivity contribution >= 4 is 17.7 Å². The molecule has 2 aliphatic heterocycles. The Morgan fingerprint density at radius 3 is 2.76 bits per heavy atom. The average Bonchev–Trinajstić information content (AvgIpc) is 3.25. The van der Waals surface area contributed by atoms with Crippen molar-refractivity contribution in [3.05, 3.63) is 70.4 Å². The first-order valence-electron chi connectivity index (χ1n) is 7.66. The fourth-order valence-corrected chi connectivity index (χ4v) is 4.63. The van der Waals surface area contributed by atoms with Gasteiger partial charge in [-0.1, -0.05) is 12.1 Å². The Morgan fingerprint density at radius 1 is 1.36 bits per heavy atom. The van der Waals surface area contributed by atoms with Crippen molar-refractivity contribution in [1.82, 2.24) is 4.90 Å². The van der Waals surface area contributed by atoms with Gasteiger partial charge in [0.05, 0.1) is 28.7 Å². The van der Waals surface area contributed by atoms with E-state index < -0.39 is 11.6 Å². The lowest BCUT2D eigenvalue weighted by atomic mass is 9.86. The fourth-order valence-electron chi connectivity index (χ4n) is 3.29. The molecule has 25 heavy (non-hydrogen) atoms. The van der Waals surface area contributed by atoms with Gasteiger partial charge >= 0.3 is 0 Å². The number of aliphatic hydroxyl groups is 1. The number of thioether (sulfide) groups is 1. The van der Waals surface area contributed by atoms with Crippen LogP contribution < -0.4 is 0 Å². The molecule has 2 atom stereocenters. The van der Waals surface area contributed by atoms with Crippen molar-refractivity contribution in [2.45, 2.75) is 18.1 Å². The second-order valence-corrected chi connectivity index (χ2v) is 6.91. The van der Waals surface area contributed by atoms with E-state index >= 15 is 0 Å². The number of nitriles is 1. The summed E-state index contributed by atoms with van der Waals surface area (Å²) in [5.41, 5.74) is -0.498. The van der Waals surface area contributed by atoms with Crippen LogP contribution in [-0.4, -0.2) is 21.7 Å². The van der Waals surface area contributed by atoms with Gasteiger partial charge in [-0.05, 0) is 29.8 Å². The van der Waals surface area contributed by atoms with Crippen LogP contribution in [0, 0.1) is 17.1 Å². The second kappa shape index (κ2) is 5.76. The quantitative estimate of drug-likeness (QED) is 0.895. The van der Waals surface area contributed by atoms with Crippen molar-refractivity contribution in [3.8, 4) is 6.07 Å². The van der Waals surface area contributed by atoms with E-state index in [1.807, 2.05) is 0 Å². The van der Waals surface area contributed by atoms with E-state index in [1.54, 1.807) is 24.3 Å². The van der Waals surface area contributed by atoms with Crippen LogP contribution in [0.1, 0.15) is 23.7 Å². The van der Waals surface area contributed by atoms with E-state index in [1.165, 1.54) is 35.1 Å². The molecular weight excluding hydrogens is 343 g/mol. The van der Waals surface area contributed by atoms with E-state index in [9.17, 15) is 19.6 Å². The summed E-state index contributed by atoms with van der Waals surface area (Å²) in [5, 5.41) is 21.1. The molecular formula is C18H13FN2O3S. The van der Waals surface area contributed by atoms with Gasteiger partial charge in [0.2, 0.25) is 11.6 Å². The zero-order chi connectivity index (χ0) is 17.6. The lowest BCUT2D eigenvalue weighted by molar-refractivity contribution is -0.152. The number of halogens is 1. The molecule has 1 fully saturated rings. The molecule has 5 nitrogen and oxygen atoms in total. The summed E-state index contributed by atoms with van der Waals surface area (Å²) in [4.78, 5) is 14.1. The molecule has 4 rings (SSSR count). The third-order valence-corrected chi connectivity index (χ3v) is 5.72. The van der Waals surface area contributed by atoms with Gasteiger partial charge in [-0.15, -0.1) is 11.8 Å². The fraction of sp³-hybridized carbons (Fsp3) is 0.222. The van der Waals surface area contributed by atoms with Gasteiger partial charge in [-0.2, -0.15) is 5.26 Å². The van der Waals surface area contributed by atoms with Crippen molar-refractivity contribution in [2.24, 2.45) is 0 Å². The molecule has 2 aromatic rings. The number of benzene rings is 1. The molecule has 3 heterocycles. The monoisotopic (exact) mass is 356 g/mol. The summed E-state index contributed by atoms with van der Waals surface area (Å²) in [6.45, 7) is 0. The third-order valence-electron chi connectivity index (χ3n) is 4.50. The van der Waals surface area contributed by atoms with Gasteiger partial charge < -0.3 is 9.52 Å². The maximum Gasteiger partial charge on any atom is 0.231 e. The first kappa shape index (κ1) is 15.9. The van der Waals surface area contributed by atoms with Crippen LogP contribution in [0.25, 0.3) is 0 Å². The molecule has 0 spiro atoms. The zero-order valence-corrected chi connectivity index (χ0v) is 13.8. The van der Waals surface area contributed by atoms with Crippen molar-refractivity contribution in [2.75, 3.05) is 5.75 Å². The lowest BCUT2D eigenvalue weighted by Gasteiger charge is -2.36. The van der Waals surface area contributed by atoms with E-state index in [0.717, 1.165) is 0 Å². The molecule has 1 amide bonds. The molecule has 0 aliphatic carbocycles. The Hall–Kier alpha value is -2.56. The van der Waals surface area contributed by atoms with E-state index in [4.69, 9.17) is 4.42 Å². The van der Waals surface area contributed by atoms with Gasteiger partial charge in [0.1, 0.15) is 5.82 Å². The van der Waals surface area contributed by atoms with Crippen LogP contribution in [0.15, 0.2) is 57.7 Å². The Balaban J connectivity index is 1.81. The van der Waals surface area contributed by atoms with Gasteiger partial charge in [0, 0.05) is 12.3 Å². The van der Waals surface area contributed by atoms with E-state index in [2.05, 4.69) is 6.07 Å². The molecule has 7 heteroatoms. The predicted octanol–water partition coefficient (Wildman–Crippen LogP) is 3.06. The van der Waals surface area contributed by atoms with Gasteiger partial charge in [0.25, 0.3) is 0 Å². The average molecular weight is 356 g/mol. The standard InChI is InChI=1S/C18H13FN2O3S/c19-12-5-3-11(4-6-12)13-8-16(22)21-17(14(13)9-20)25-10-18(21,23)15-2-1-7-24-15/h1-7,13,23H,8,10H2/t13-,18-/m0/s1. The number of nitrogens with zero attached hydrogens (tertiary/aromatic N) is 2. The zero-order valence-electron chi connectivity index (χ0n) is 13.0. The third kappa shape index (κ3) is 2.37. The molecule has 0 bridgehead atoms.